The van der Waals surface area contributed by atoms with E-state index in [2.05, 4.69) is 37.1 Å². The first kappa shape index (κ1) is 38.7. The summed E-state index contributed by atoms with van der Waals surface area (Å²) in [6.45, 7) is 6.02. The summed E-state index contributed by atoms with van der Waals surface area (Å²) >= 11 is 0.987. The lowest BCUT2D eigenvalue weighted by molar-refractivity contribution is -0.149. The molecule has 0 bridgehead atoms. The van der Waals surface area contributed by atoms with E-state index in [-0.39, 0.29) is 17.5 Å². The minimum absolute atomic E-state index is 0.0915. The highest BCUT2D eigenvalue weighted by Gasteiger charge is 2.45. The van der Waals surface area contributed by atoms with Gasteiger partial charge in [-0.1, -0.05) is 32.8 Å². The first-order valence-electron chi connectivity index (χ1n) is 17.3. The second kappa shape index (κ2) is 16.8. The lowest BCUT2D eigenvalue weighted by atomic mass is 9.79. The van der Waals surface area contributed by atoms with E-state index in [1.807, 2.05) is 7.05 Å². The molecule has 2 aromatic heterocycles. The fraction of sp³-hybridized carbons (Fsp3) is 0.500. The van der Waals surface area contributed by atoms with Crippen molar-refractivity contribution in [3.63, 3.8) is 0 Å². The Hall–Kier alpha value is -4.57. The molecule has 3 aromatic rings. The Morgan fingerprint density at radius 3 is 2.31 bits per heavy atom. The Morgan fingerprint density at radius 1 is 1.00 bits per heavy atom. The van der Waals surface area contributed by atoms with Crippen LogP contribution in [0.2, 0.25) is 0 Å². The van der Waals surface area contributed by atoms with Crippen molar-refractivity contribution >= 4 is 40.8 Å². The molecule has 16 heteroatoms. The number of aromatic nitrogens is 2. The summed E-state index contributed by atoms with van der Waals surface area (Å²) in [5.74, 6) is -8.85. The molecule has 0 spiro atoms. The highest BCUT2D eigenvalue weighted by Crippen LogP contribution is 2.34. The van der Waals surface area contributed by atoms with Gasteiger partial charge in [-0.3, -0.25) is 19.2 Å². The third kappa shape index (κ3) is 9.07. The predicted molar refractivity (Wildman–Crippen MR) is 189 cm³/mol. The van der Waals surface area contributed by atoms with Crippen LogP contribution in [0.1, 0.15) is 66.2 Å². The molecule has 0 radical (unpaired) electrons. The zero-order chi connectivity index (χ0) is 37.6. The number of pyridine rings is 1. The van der Waals surface area contributed by atoms with Gasteiger partial charge in [-0.15, -0.1) is 0 Å². The van der Waals surface area contributed by atoms with Crippen molar-refractivity contribution in [2.45, 2.75) is 63.5 Å². The number of likely N-dealkylation sites (N-methyl/N-ethyl adjacent to an activating group) is 1. The molecule has 5 rings (SSSR count). The Morgan fingerprint density at radius 2 is 1.71 bits per heavy atom. The van der Waals surface area contributed by atoms with Gasteiger partial charge in [-0.2, -0.15) is 8.78 Å². The van der Waals surface area contributed by atoms with Crippen LogP contribution in [0.15, 0.2) is 48.8 Å². The van der Waals surface area contributed by atoms with E-state index in [0.29, 0.717) is 55.4 Å². The standard InChI is InChI=1S/C36H44F3N7O5S/c1-21-5-7-23(8-6-21)31(44-35(50)36(38,39)25-10-12-29(51-4)40-20-25)33(48)42-27-11-9-24(19-26(27)37)22(2)30(43-32(47)28-13-14-41-52-28)34(49)46-17-15-45(3)16-18-46/h9-14,19-23,30-31H,5-8,15-18H2,1-4H3,(H,42,48)(H,43,47)(H,44,50)/t21-,22-,23-,30+,31-/m0/s1. The van der Waals surface area contributed by atoms with E-state index in [0.717, 1.165) is 36.6 Å². The quantitative estimate of drug-likeness (QED) is 0.248. The molecular weight excluding hydrogens is 700 g/mol. The van der Waals surface area contributed by atoms with Gasteiger partial charge < -0.3 is 30.5 Å². The average molecular weight is 744 g/mol. The summed E-state index contributed by atoms with van der Waals surface area (Å²) in [6, 6.07) is 5.39. The van der Waals surface area contributed by atoms with E-state index in [4.69, 9.17) is 4.74 Å². The molecule has 4 amide bonds. The molecule has 1 aromatic carbocycles. The molecule has 3 atom stereocenters. The number of alkyl halides is 2. The van der Waals surface area contributed by atoms with Gasteiger partial charge in [0.05, 0.1) is 12.8 Å². The topological polar surface area (TPSA) is 146 Å². The van der Waals surface area contributed by atoms with Crippen molar-refractivity contribution in [1.29, 1.82) is 0 Å². The predicted octanol–water partition coefficient (Wildman–Crippen LogP) is 4.40. The normalized spacial score (nSPS) is 19.9. The van der Waals surface area contributed by atoms with Crippen LogP contribution in [0.4, 0.5) is 18.9 Å². The second-order valence-electron chi connectivity index (χ2n) is 13.6. The number of carbonyl (C=O) groups is 4. The van der Waals surface area contributed by atoms with Crippen molar-refractivity contribution in [2.75, 3.05) is 45.7 Å². The maximum absolute atomic E-state index is 15.8. The summed E-state index contributed by atoms with van der Waals surface area (Å²) in [7, 11) is 3.29. The summed E-state index contributed by atoms with van der Waals surface area (Å²) in [4.78, 5) is 61.4. The van der Waals surface area contributed by atoms with E-state index in [1.54, 1.807) is 17.9 Å². The largest absolute Gasteiger partial charge is 0.481 e. The lowest BCUT2D eigenvalue weighted by Crippen LogP contribution is -2.55. The van der Waals surface area contributed by atoms with Crippen molar-refractivity contribution in [3.05, 3.63) is 70.6 Å². The summed E-state index contributed by atoms with van der Waals surface area (Å²) in [5.41, 5.74) is -0.525. The number of nitrogens with zero attached hydrogens (tertiary/aromatic N) is 4. The number of benzene rings is 1. The van der Waals surface area contributed by atoms with Crippen molar-refractivity contribution < 1.29 is 37.1 Å². The van der Waals surface area contributed by atoms with E-state index >= 15 is 13.2 Å². The second-order valence-corrected chi connectivity index (χ2v) is 14.4. The number of anilines is 1. The fourth-order valence-electron chi connectivity index (χ4n) is 6.55. The molecule has 1 aliphatic heterocycles. The van der Waals surface area contributed by atoms with Crippen molar-refractivity contribution in [2.24, 2.45) is 11.8 Å². The molecule has 1 aliphatic carbocycles. The Kier molecular flexibility index (Phi) is 12.5. The first-order chi connectivity index (χ1) is 24.8. The molecule has 0 unspecified atom stereocenters. The molecular formula is C36H44F3N7O5S. The Bertz CT molecular complexity index is 1710. The minimum Gasteiger partial charge on any atom is -0.481 e. The third-order valence-electron chi connectivity index (χ3n) is 10.0. The van der Waals surface area contributed by atoms with Crippen molar-refractivity contribution in [1.82, 2.24) is 29.8 Å². The smallest absolute Gasteiger partial charge is 0.351 e. The van der Waals surface area contributed by atoms with Crippen LogP contribution < -0.4 is 20.7 Å². The molecule has 12 nitrogen and oxygen atoms in total. The monoisotopic (exact) mass is 743 g/mol. The maximum atomic E-state index is 15.8. The SMILES string of the molecule is COc1ccc(C(F)(F)C(=O)N[C@H](C(=O)Nc2ccc([C@H](C)[C@@H](NC(=O)c3ccns3)C(=O)N3CCN(C)CC3)cc2F)[C@H]2CC[C@H](C)CC2)cn1. The van der Waals surface area contributed by atoms with Gasteiger partial charge in [0.2, 0.25) is 17.7 Å². The van der Waals surface area contributed by atoms with E-state index < -0.39 is 58.9 Å². The van der Waals surface area contributed by atoms with Crippen LogP contribution in [0.5, 0.6) is 5.88 Å². The van der Waals surface area contributed by atoms with Crippen LogP contribution >= 0.6 is 11.5 Å². The van der Waals surface area contributed by atoms with Gasteiger partial charge in [-0.05, 0) is 73.1 Å². The summed E-state index contributed by atoms with van der Waals surface area (Å²) in [5, 5.41) is 7.57. The number of hydrogen-bond donors (Lipinski definition) is 3. The summed E-state index contributed by atoms with van der Waals surface area (Å²) < 4.78 is 55.3. The maximum Gasteiger partial charge on any atom is 0.351 e. The highest BCUT2D eigenvalue weighted by atomic mass is 32.1. The Labute approximate surface area is 304 Å². The highest BCUT2D eigenvalue weighted by molar-refractivity contribution is 7.08. The van der Waals surface area contributed by atoms with Crippen LogP contribution in [0.3, 0.4) is 0 Å². The van der Waals surface area contributed by atoms with Gasteiger partial charge in [0.15, 0.2) is 0 Å². The molecule has 1 saturated carbocycles. The number of methoxy groups -OCH3 is 1. The van der Waals surface area contributed by atoms with Crippen LogP contribution in [0.25, 0.3) is 0 Å². The number of halogens is 3. The molecule has 3 N–H and O–H groups in total. The first-order valence-corrected chi connectivity index (χ1v) is 18.0. The van der Waals surface area contributed by atoms with Crippen LogP contribution in [-0.4, -0.2) is 95.2 Å². The van der Waals surface area contributed by atoms with E-state index in [9.17, 15) is 19.2 Å². The van der Waals surface area contributed by atoms with Crippen LogP contribution in [0, 0.1) is 17.7 Å². The molecule has 2 fully saturated rings. The molecule has 280 valence electrons. The number of nitrogens with one attached hydrogen (secondary N) is 3. The number of amides is 4. The van der Waals surface area contributed by atoms with Crippen LogP contribution in [-0.2, 0) is 20.3 Å². The Balaban J connectivity index is 1.34. The van der Waals surface area contributed by atoms with Crippen molar-refractivity contribution in [3.8, 4) is 5.88 Å². The lowest BCUT2D eigenvalue weighted by Gasteiger charge is -2.36. The summed E-state index contributed by atoms with van der Waals surface area (Å²) in [6.07, 6.45) is 4.79. The number of carbonyl (C=O) groups excluding carboxylic acids is 4. The molecule has 2 aliphatic rings. The number of rotatable bonds is 12. The van der Waals surface area contributed by atoms with Gasteiger partial charge in [0.25, 0.3) is 11.8 Å². The number of hydrogen-bond acceptors (Lipinski definition) is 9. The average Bonchev–Trinajstić information content (AvgIpc) is 3.69. The van der Waals surface area contributed by atoms with E-state index in [1.165, 1.54) is 37.6 Å². The molecule has 52 heavy (non-hydrogen) atoms. The zero-order valence-electron chi connectivity index (χ0n) is 29.5. The molecule has 3 heterocycles. The van der Waals surface area contributed by atoms with Gasteiger partial charge in [-0.25, -0.2) is 13.7 Å². The molecule has 1 saturated heterocycles. The van der Waals surface area contributed by atoms with Gasteiger partial charge >= 0.3 is 5.92 Å². The number of ether oxygens (including phenoxy) is 1. The third-order valence-corrected chi connectivity index (χ3v) is 10.7. The fourth-order valence-corrected chi connectivity index (χ4v) is 7.05. The number of piperazine rings is 1. The zero-order valence-corrected chi connectivity index (χ0v) is 30.4. The minimum atomic E-state index is -4.02. The van der Waals surface area contributed by atoms with Gasteiger partial charge in [0, 0.05) is 56.1 Å². The van der Waals surface area contributed by atoms with Gasteiger partial charge in [0.1, 0.15) is 22.8 Å².